The van der Waals surface area contributed by atoms with E-state index in [-0.39, 0.29) is 0 Å². The van der Waals surface area contributed by atoms with Gasteiger partial charge in [0.15, 0.2) is 0 Å². The molecule has 2 fully saturated rings. The number of nitrogens with zero attached hydrogens (tertiary/aromatic N) is 2. The minimum Gasteiger partial charge on any atom is -0.342 e. The van der Waals surface area contributed by atoms with E-state index in [1.165, 1.54) is 31.2 Å². The monoisotopic (exact) mass is 272 g/mol. The summed E-state index contributed by atoms with van der Waals surface area (Å²) in [6.45, 7) is 2.70. The van der Waals surface area contributed by atoms with Gasteiger partial charge in [0.1, 0.15) is 0 Å². The van der Waals surface area contributed by atoms with Crippen molar-refractivity contribution in [2.24, 2.45) is 0 Å². The molecule has 20 heavy (non-hydrogen) atoms. The standard InChI is InChI=1S/C17H24N2O/c1-18(16-7-8-16)17(20)13-19-11-9-15(10-12-19)14-5-3-2-4-6-14/h2-6,15-16H,7-13H2,1H3. The Hall–Kier alpha value is -1.35. The maximum absolute atomic E-state index is 12.1. The molecule has 0 spiro atoms. The zero-order chi connectivity index (χ0) is 13.9. The number of hydrogen-bond acceptors (Lipinski definition) is 2. The Kier molecular flexibility index (Phi) is 4.06. The molecule has 0 radical (unpaired) electrons. The van der Waals surface area contributed by atoms with Gasteiger partial charge in [0.25, 0.3) is 0 Å². The van der Waals surface area contributed by atoms with E-state index in [1.807, 2.05) is 11.9 Å². The molecule has 1 aliphatic heterocycles. The molecule has 1 saturated carbocycles. The Morgan fingerprint density at radius 3 is 2.40 bits per heavy atom. The molecule has 1 aromatic carbocycles. The molecule has 3 heteroatoms. The Morgan fingerprint density at radius 1 is 1.15 bits per heavy atom. The minimum atomic E-state index is 0.297. The first kappa shape index (κ1) is 13.6. The fraction of sp³-hybridized carbons (Fsp3) is 0.588. The van der Waals surface area contributed by atoms with Gasteiger partial charge in [0, 0.05) is 13.1 Å². The molecule has 0 atom stereocenters. The maximum Gasteiger partial charge on any atom is 0.236 e. The largest absolute Gasteiger partial charge is 0.342 e. The normalized spacial score (nSPS) is 20.9. The molecule has 0 unspecified atom stereocenters. The lowest BCUT2D eigenvalue weighted by atomic mass is 9.89. The van der Waals surface area contributed by atoms with Crippen LogP contribution in [0.2, 0.25) is 0 Å². The zero-order valence-corrected chi connectivity index (χ0v) is 12.3. The molecule has 3 nitrogen and oxygen atoms in total. The molecule has 3 rings (SSSR count). The quantitative estimate of drug-likeness (QED) is 0.840. The summed E-state index contributed by atoms with van der Waals surface area (Å²) in [7, 11) is 1.96. The second-order valence-corrected chi connectivity index (χ2v) is 6.20. The molecule has 108 valence electrons. The highest BCUT2D eigenvalue weighted by Crippen LogP contribution is 2.28. The van der Waals surface area contributed by atoms with Crippen LogP contribution < -0.4 is 0 Å². The van der Waals surface area contributed by atoms with E-state index >= 15 is 0 Å². The maximum atomic E-state index is 12.1. The van der Waals surface area contributed by atoms with Crippen LogP contribution in [0.5, 0.6) is 0 Å². The number of benzene rings is 1. The summed E-state index contributed by atoms with van der Waals surface area (Å²) < 4.78 is 0. The Bertz CT molecular complexity index is 447. The molecular weight excluding hydrogens is 248 g/mol. The van der Waals surface area contributed by atoms with E-state index in [0.717, 1.165) is 13.1 Å². The number of carbonyl (C=O) groups is 1. The van der Waals surface area contributed by atoms with Crippen LogP contribution in [0.15, 0.2) is 30.3 Å². The van der Waals surface area contributed by atoms with Crippen molar-refractivity contribution in [1.82, 2.24) is 9.80 Å². The van der Waals surface area contributed by atoms with Crippen LogP contribution in [0.1, 0.15) is 37.2 Å². The molecular formula is C17H24N2O. The first-order chi connectivity index (χ1) is 9.74. The van der Waals surface area contributed by atoms with Gasteiger partial charge in [-0.15, -0.1) is 0 Å². The van der Waals surface area contributed by atoms with Gasteiger partial charge in [-0.25, -0.2) is 0 Å². The highest BCUT2D eigenvalue weighted by Gasteiger charge is 2.30. The van der Waals surface area contributed by atoms with E-state index in [1.54, 1.807) is 0 Å². The fourth-order valence-corrected chi connectivity index (χ4v) is 3.12. The number of likely N-dealkylation sites (tertiary alicyclic amines) is 1. The van der Waals surface area contributed by atoms with Crippen molar-refractivity contribution in [3.63, 3.8) is 0 Å². The third kappa shape index (κ3) is 3.21. The van der Waals surface area contributed by atoms with Crippen LogP contribution in [0.25, 0.3) is 0 Å². The number of likely N-dealkylation sites (N-methyl/N-ethyl adjacent to an activating group) is 1. The van der Waals surface area contributed by atoms with E-state index in [9.17, 15) is 4.79 Å². The van der Waals surface area contributed by atoms with Gasteiger partial charge in [-0.2, -0.15) is 0 Å². The number of piperidine rings is 1. The Labute approximate surface area is 121 Å². The van der Waals surface area contributed by atoms with Crippen LogP contribution in [0.3, 0.4) is 0 Å². The predicted molar refractivity (Wildman–Crippen MR) is 80.6 cm³/mol. The Balaban J connectivity index is 1.47. The van der Waals surface area contributed by atoms with Crippen molar-refractivity contribution < 1.29 is 4.79 Å². The number of carbonyl (C=O) groups excluding carboxylic acids is 1. The summed E-state index contributed by atoms with van der Waals surface area (Å²) in [6.07, 6.45) is 4.73. The van der Waals surface area contributed by atoms with Crippen LogP contribution in [0, 0.1) is 0 Å². The molecule has 1 heterocycles. The van der Waals surface area contributed by atoms with Crippen LogP contribution in [-0.4, -0.2) is 48.4 Å². The fourth-order valence-electron chi connectivity index (χ4n) is 3.12. The van der Waals surface area contributed by atoms with Gasteiger partial charge in [-0.05, 0) is 50.3 Å². The molecule has 0 bridgehead atoms. The second-order valence-electron chi connectivity index (χ2n) is 6.20. The molecule has 0 aromatic heterocycles. The van der Waals surface area contributed by atoms with Gasteiger partial charge >= 0.3 is 0 Å². The van der Waals surface area contributed by atoms with Crippen molar-refractivity contribution >= 4 is 5.91 Å². The molecule has 2 aliphatic rings. The first-order valence-electron chi connectivity index (χ1n) is 7.77. The van der Waals surface area contributed by atoms with Crippen molar-refractivity contribution in [2.45, 2.75) is 37.6 Å². The summed E-state index contributed by atoms with van der Waals surface area (Å²) >= 11 is 0. The van der Waals surface area contributed by atoms with E-state index in [0.29, 0.717) is 24.4 Å². The summed E-state index contributed by atoms with van der Waals surface area (Å²) in [6, 6.07) is 11.3. The van der Waals surface area contributed by atoms with Crippen molar-refractivity contribution in [3.8, 4) is 0 Å². The zero-order valence-electron chi connectivity index (χ0n) is 12.3. The summed E-state index contributed by atoms with van der Waals surface area (Å²) in [5.74, 6) is 0.967. The smallest absolute Gasteiger partial charge is 0.236 e. The lowest BCUT2D eigenvalue weighted by molar-refractivity contribution is -0.131. The lowest BCUT2D eigenvalue weighted by Gasteiger charge is -2.32. The molecule has 1 saturated heterocycles. The Morgan fingerprint density at radius 2 is 1.80 bits per heavy atom. The summed E-state index contributed by atoms with van der Waals surface area (Å²) in [4.78, 5) is 16.4. The summed E-state index contributed by atoms with van der Waals surface area (Å²) in [5.41, 5.74) is 1.45. The van der Waals surface area contributed by atoms with E-state index in [2.05, 4.69) is 35.2 Å². The highest BCUT2D eigenvalue weighted by molar-refractivity contribution is 5.78. The topological polar surface area (TPSA) is 23.6 Å². The van der Waals surface area contributed by atoms with Crippen molar-refractivity contribution in [3.05, 3.63) is 35.9 Å². The molecule has 1 amide bonds. The van der Waals surface area contributed by atoms with Gasteiger partial charge in [0.2, 0.25) is 5.91 Å². The minimum absolute atomic E-state index is 0.297. The highest BCUT2D eigenvalue weighted by atomic mass is 16.2. The van der Waals surface area contributed by atoms with Crippen molar-refractivity contribution in [1.29, 1.82) is 0 Å². The number of hydrogen-bond donors (Lipinski definition) is 0. The second kappa shape index (κ2) is 5.96. The van der Waals surface area contributed by atoms with Gasteiger partial charge in [-0.3, -0.25) is 9.69 Å². The molecule has 0 N–H and O–H groups in total. The SMILES string of the molecule is CN(C(=O)CN1CCC(c2ccccc2)CC1)C1CC1. The summed E-state index contributed by atoms with van der Waals surface area (Å²) in [5, 5.41) is 0. The number of amides is 1. The van der Waals surface area contributed by atoms with Crippen LogP contribution in [-0.2, 0) is 4.79 Å². The van der Waals surface area contributed by atoms with Crippen LogP contribution in [0.4, 0.5) is 0 Å². The third-order valence-corrected chi connectivity index (χ3v) is 4.71. The van der Waals surface area contributed by atoms with Crippen molar-refractivity contribution in [2.75, 3.05) is 26.7 Å². The van der Waals surface area contributed by atoms with Gasteiger partial charge in [-0.1, -0.05) is 30.3 Å². The first-order valence-corrected chi connectivity index (χ1v) is 7.77. The van der Waals surface area contributed by atoms with Gasteiger partial charge in [0.05, 0.1) is 6.54 Å². The number of rotatable bonds is 4. The van der Waals surface area contributed by atoms with Crippen LogP contribution >= 0.6 is 0 Å². The molecule has 1 aliphatic carbocycles. The van der Waals surface area contributed by atoms with E-state index in [4.69, 9.17) is 0 Å². The average molecular weight is 272 g/mol. The lowest BCUT2D eigenvalue weighted by Crippen LogP contribution is -2.42. The predicted octanol–water partition coefficient (Wildman–Crippen LogP) is 2.49. The molecule has 1 aromatic rings. The average Bonchev–Trinajstić information content (AvgIpc) is 3.33. The van der Waals surface area contributed by atoms with E-state index < -0.39 is 0 Å². The van der Waals surface area contributed by atoms with Gasteiger partial charge < -0.3 is 4.90 Å². The third-order valence-electron chi connectivity index (χ3n) is 4.71.